The van der Waals surface area contributed by atoms with Crippen molar-refractivity contribution < 1.29 is 13.5 Å². The molecule has 1 unspecified atom stereocenters. The highest BCUT2D eigenvalue weighted by atomic mass is 19.2. The van der Waals surface area contributed by atoms with Crippen LogP contribution in [0.25, 0.3) is 0 Å². The van der Waals surface area contributed by atoms with E-state index in [1.807, 2.05) is 0 Å². The van der Waals surface area contributed by atoms with Crippen LogP contribution in [0.5, 0.6) is 5.75 Å². The molecule has 2 saturated carbocycles. The zero-order chi connectivity index (χ0) is 20.2. The molecule has 0 spiro atoms. The van der Waals surface area contributed by atoms with Gasteiger partial charge in [-0.25, -0.2) is 4.39 Å². The van der Waals surface area contributed by atoms with E-state index in [-0.39, 0.29) is 5.75 Å². The van der Waals surface area contributed by atoms with Crippen LogP contribution in [0.15, 0.2) is 36.4 Å². The van der Waals surface area contributed by atoms with E-state index in [1.165, 1.54) is 50.5 Å². The summed E-state index contributed by atoms with van der Waals surface area (Å²) in [5, 5.41) is 0. The number of rotatable bonds is 8. The number of allylic oxidation sites excluding steroid dienone is 2. The van der Waals surface area contributed by atoms with E-state index in [0.717, 1.165) is 31.1 Å². The SMILES string of the molecule is C=CC1CCC(C2CC=C(COc3ccc(CCC4CC4)c(F)c3F)CC2)CC1. The van der Waals surface area contributed by atoms with Crippen molar-refractivity contribution in [2.24, 2.45) is 23.7 Å². The molecule has 2 fully saturated rings. The first-order chi connectivity index (χ1) is 14.1. The van der Waals surface area contributed by atoms with E-state index in [1.54, 1.807) is 12.1 Å². The second-order valence-corrected chi connectivity index (χ2v) is 9.43. The summed E-state index contributed by atoms with van der Waals surface area (Å²) in [4.78, 5) is 0. The second-order valence-electron chi connectivity index (χ2n) is 9.43. The van der Waals surface area contributed by atoms with Gasteiger partial charge in [-0.3, -0.25) is 0 Å². The molecule has 0 heterocycles. The Morgan fingerprint density at radius 3 is 2.41 bits per heavy atom. The Labute approximate surface area is 174 Å². The number of ether oxygens (including phenoxy) is 1. The molecular weight excluding hydrogens is 366 g/mol. The molecule has 3 aliphatic rings. The molecule has 0 saturated heterocycles. The van der Waals surface area contributed by atoms with Gasteiger partial charge in [-0.15, -0.1) is 6.58 Å². The summed E-state index contributed by atoms with van der Waals surface area (Å²) in [6.45, 7) is 4.31. The highest BCUT2D eigenvalue weighted by molar-refractivity contribution is 5.31. The van der Waals surface area contributed by atoms with Gasteiger partial charge in [0.2, 0.25) is 5.82 Å². The van der Waals surface area contributed by atoms with E-state index in [2.05, 4.69) is 18.7 Å². The Balaban J connectivity index is 1.26. The van der Waals surface area contributed by atoms with Gasteiger partial charge in [-0.05, 0) is 98.7 Å². The lowest BCUT2D eigenvalue weighted by Gasteiger charge is -2.34. The topological polar surface area (TPSA) is 9.23 Å². The number of hydrogen-bond donors (Lipinski definition) is 0. The van der Waals surface area contributed by atoms with Gasteiger partial charge in [0.05, 0.1) is 0 Å². The normalized spacial score (nSPS) is 27.4. The predicted molar refractivity (Wildman–Crippen MR) is 114 cm³/mol. The highest BCUT2D eigenvalue weighted by Gasteiger charge is 2.28. The fourth-order valence-corrected chi connectivity index (χ4v) is 5.13. The summed E-state index contributed by atoms with van der Waals surface area (Å²) in [6.07, 6.45) is 16.9. The van der Waals surface area contributed by atoms with E-state index in [0.29, 0.717) is 30.4 Å². The van der Waals surface area contributed by atoms with E-state index in [9.17, 15) is 8.78 Å². The number of hydrogen-bond acceptors (Lipinski definition) is 1. The van der Waals surface area contributed by atoms with Gasteiger partial charge in [0, 0.05) is 0 Å². The third-order valence-corrected chi connectivity index (χ3v) is 7.42. The Morgan fingerprint density at radius 1 is 0.966 bits per heavy atom. The number of benzene rings is 1. The molecule has 0 amide bonds. The summed E-state index contributed by atoms with van der Waals surface area (Å²) < 4.78 is 34.4. The van der Waals surface area contributed by atoms with Crippen LogP contribution in [0.2, 0.25) is 0 Å². The zero-order valence-electron chi connectivity index (χ0n) is 17.5. The van der Waals surface area contributed by atoms with Gasteiger partial charge >= 0.3 is 0 Å². The highest BCUT2D eigenvalue weighted by Crippen LogP contribution is 2.40. The third-order valence-electron chi connectivity index (χ3n) is 7.42. The van der Waals surface area contributed by atoms with Crippen molar-refractivity contribution >= 4 is 0 Å². The maximum Gasteiger partial charge on any atom is 0.200 e. The van der Waals surface area contributed by atoms with Gasteiger partial charge < -0.3 is 4.74 Å². The lowest BCUT2D eigenvalue weighted by Crippen LogP contribution is -2.23. The average Bonchev–Trinajstić information content (AvgIpc) is 3.59. The smallest absolute Gasteiger partial charge is 0.200 e. The van der Waals surface area contributed by atoms with Gasteiger partial charge in [0.15, 0.2) is 11.6 Å². The molecule has 0 bridgehead atoms. The molecule has 158 valence electrons. The predicted octanol–water partition coefficient (Wildman–Crippen LogP) is 7.41. The van der Waals surface area contributed by atoms with Crippen molar-refractivity contribution in [1.29, 1.82) is 0 Å². The minimum atomic E-state index is -0.827. The van der Waals surface area contributed by atoms with Gasteiger partial charge in [0.25, 0.3) is 0 Å². The fourth-order valence-electron chi connectivity index (χ4n) is 5.13. The van der Waals surface area contributed by atoms with Crippen molar-refractivity contribution in [2.75, 3.05) is 6.61 Å². The molecular formula is C26H34F2O. The molecule has 3 heteroatoms. The maximum atomic E-state index is 14.4. The first kappa shape index (κ1) is 20.6. The summed E-state index contributed by atoms with van der Waals surface area (Å²) in [7, 11) is 0. The van der Waals surface area contributed by atoms with Crippen LogP contribution in [-0.4, -0.2) is 6.61 Å². The lowest BCUT2D eigenvalue weighted by molar-refractivity contribution is 0.206. The largest absolute Gasteiger partial charge is 0.486 e. The molecule has 0 radical (unpaired) electrons. The van der Waals surface area contributed by atoms with Gasteiger partial charge in [0.1, 0.15) is 6.61 Å². The standard InChI is InChI=1S/C26H34F2O/c1-2-18-5-10-21(11-6-18)22-12-8-20(9-13-22)17-29-24-16-15-23(25(27)26(24)28)14-7-19-3-4-19/h2,8,15-16,18-19,21-22H,1,3-7,9-14,17H2. The molecule has 1 nitrogen and oxygen atoms in total. The van der Waals surface area contributed by atoms with E-state index in [4.69, 9.17) is 4.74 Å². The Hall–Kier alpha value is -1.64. The van der Waals surface area contributed by atoms with Crippen molar-refractivity contribution in [3.63, 3.8) is 0 Å². The van der Waals surface area contributed by atoms with Crippen LogP contribution in [0.3, 0.4) is 0 Å². The maximum absolute atomic E-state index is 14.4. The first-order valence-electron chi connectivity index (χ1n) is 11.5. The van der Waals surface area contributed by atoms with Crippen LogP contribution in [0.4, 0.5) is 8.78 Å². The van der Waals surface area contributed by atoms with E-state index >= 15 is 0 Å². The number of halogens is 2. The van der Waals surface area contributed by atoms with Crippen molar-refractivity contribution in [1.82, 2.24) is 0 Å². The summed E-state index contributed by atoms with van der Waals surface area (Å²) >= 11 is 0. The van der Waals surface area contributed by atoms with Crippen molar-refractivity contribution in [2.45, 2.75) is 70.6 Å². The molecule has 1 atom stereocenters. The molecule has 4 rings (SSSR count). The minimum absolute atomic E-state index is 0.0449. The van der Waals surface area contributed by atoms with Crippen molar-refractivity contribution in [3.05, 3.63) is 53.6 Å². The number of aryl methyl sites for hydroxylation is 1. The third kappa shape index (κ3) is 5.29. The Bertz CT molecular complexity index is 741. The average molecular weight is 401 g/mol. The molecule has 3 aliphatic carbocycles. The minimum Gasteiger partial charge on any atom is -0.486 e. The zero-order valence-corrected chi connectivity index (χ0v) is 17.5. The molecule has 1 aromatic rings. The van der Waals surface area contributed by atoms with Gasteiger partial charge in [-0.1, -0.05) is 31.1 Å². The molecule has 1 aromatic carbocycles. The first-order valence-corrected chi connectivity index (χ1v) is 11.5. The molecule has 0 N–H and O–H groups in total. The molecule has 0 aromatic heterocycles. The summed E-state index contributed by atoms with van der Waals surface area (Å²) in [6, 6.07) is 3.30. The molecule has 0 aliphatic heterocycles. The van der Waals surface area contributed by atoms with Crippen LogP contribution in [0, 0.1) is 35.3 Å². The lowest BCUT2D eigenvalue weighted by atomic mass is 9.71. The summed E-state index contributed by atoms with van der Waals surface area (Å²) in [5.74, 6) is 1.52. The van der Waals surface area contributed by atoms with Crippen LogP contribution in [-0.2, 0) is 6.42 Å². The van der Waals surface area contributed by atoms with Gasteiger partial charge in [-0.2, -0.15) is 4.39 Å². The Morgan fingerprint density at radius 2 is 1.76 bits per heavy atom. The van der Waals surface area contributed by atoms with Crippen LogP contribution >= 0.6 is 0 Å². The van der Waals surface area contributed by atoms with Crippen molar-refractivity contribution in [3.8, 4) is 5.75 Å². The van der Waals surface area contributed by atoms with Crippen LogP contribution < -0.4 is 4.74 Å². The quantitative estimate of drug-likeness (QED) is 0.413. The second kappa shape index (κ2) is 9.45. The molecule has 29 heavy (non-hydrogen) atoms. The Kier molecular flexibility index (Phi) is 6.72. The van der Waals surface area contributed by atoms with E-state index < -0.39 is 11.6 Å². The fraction of sp³-hybridized carbons (Fsp3) is 0.615. The monoisotopic (exact) mass is 400 g/mol. The van der Waals surface area contributed by atoms with Crippen LogP contribution in [0.1, 0.15) is 69.8 Å². The summed E-state index contributed by atoms with van der Waals surface area (Å²) in [5.41, 5.74) is 1.70.